The minimum absolute atomic E-state index is 0.367. The Bertz CT molecular complexity index is 384. The van der Waals surface area contributed by atoms with Crippen LogP contribution in [0.3, 0.4) is 0 Å². The van der Waals surface area contributed by atoms with Crippen molar-refractivity contribution in [2.45, 2.75) is 57.1 Å². The number of carbonyl (C=O) groups is 2. The molecule has 0 aromatic heterocycles. The fourth-order valence-corrected chi connectivity index (χ4v) is 1.98. The van der Waals surface area contributed by atoms with E-state index in [0.29, 0.717) is 6.61 Å². The van der Waals surface area contributed by atoms with Crippen molar-refractivity contribution in [2.24, 2.45) is 0 Å². The number of carboxylic acid groups (broad SMARTS) is 2. The van der Waals surface area contributed by atoms with E-state index in [4.69, 9.17) is 19.9 Å². The van der Waals surface area contributed by atoms with E-state index in [2.05, 4.69) is 6.92 Å². The van der Waals surface area contributed by atoms with Crippen molar-refractivity contribution in [2.75, 3.05) is 6.61 Å². The summed E-state index contributed by atoms with van der Waals surface area (Å²) in [7, 11) is -4.84. The molecule has 0 spiro atoms. The fraction of sp³-hybridized carbons (Fsp3) is 0.833. The molecule has 0 aliphatic heterocycles. The van der Waals surface area contributed by atoms with Crippen molar-refractivity contribution >= 4 is 22.1 Å². The van der Waals surface area contributed by atoms with Gasteiger partial charge in [0.15, 0.2) is 5.25 Å². The SMILES string of the molecule is CCCCCCCCO.O=C(O)CC(C(=O)O)S(=O)(=O)O. The van der Waals surface area contributed by atoms with Crippen molar-refractivity contribution < 1.29 is 37.9 Å². The number of unbranched alkanes of at least 4 members (excludes halogenated alkanes) is 5. The molecule has 0 aromatic carbocycles. The van der Waals surface area contributed by atoms with E-state index < -0.39 is 33.7 Å². The summed E-state index contributed by atoms with van der Waals surface area (Å²) in [5, 5.41) is 22.3. The maximum atomic E-state index is 10.2. The number of aliphatic hydroxyl groups excluding tert-OH is 1. The van der Waals surface area contributed by atoms with Gasteiger partial charge in [0, 0.05) is 6.61 Å². The van der Waals surface area contributed by atoms with E-state index in [1.807, 2.05) is 0 Å². The van der Waals surface area contributed by atoms with Crippen molar-refractivity contribution in [1.82, 2.24) is 0 Å². The monoisotopic (exact) mass is 328 g/mol. The molecule has 0 radical (unpaired) electrons. The predicted octanol–water partition coefficient (Wildman–Crippen LogP) is 1.14. The van der Waals surface area contributed by atoms with Gasteiger partial charge >= 0.3 is 11.9 Å². The van der Waals surface area contributed by atoms with Crippen LogP contribution in [0.2, 0.25) is 0 Å². The Morgan fingerprint density at radius 3 is 1.76 bits per heavy atom. The molecule has 0 rings (SSSR count). The van der Waals surface area contributed by atoms with Crippen LogP contribution in [0.5, 0.6) is 0 Å². The molecule has 0 saturated carbocycles. The first-order chi connectivity index (χ1) is 9.66. The number of hydrogen-bond donors (Lipinski definition) is 4. The van der Waals surface area contributed by atoms with Gasteiger partial charge in [-0.3, -0.25) is 14.1 Å². The molecule has 0 bridgehead atoms. The Morgan fingerprint density at radius 2 is 1.48 bits per heavy atom. The largest absolute Gasteiger partial charge is 0.481 e. The van der Waals surface area contributed by atoms with Crippen LogP contribution in [0.25, 0.3) is 0 Å². The van der Waals surface area contributed by atoms with Crippen LogP contribution >= 0.6 is 0 Å². The molecule has 0 amide bonds. The maximum absolute atomic E-state index is 10.2. The highest BCUT2D eigenvalue weighted by atomic mass is 32.2. The maximum Gasteiger partial charge on any atom is 0.325 e. The lowest BCUT2D eigenvalue weighted by atomic mass is 10.1. The topological polar surface area (TPSA) is 149 Å². The molecular formula is C12H24O8S. The van der Waals surface area contributed by atoms with Crippen LogP contribution in [0.15, 0.2) is 0 Å². The summed E-state index contributed by atoms with van der Waals surface area (Å²) in [5.41, 5.74) is 0. The Kier molecular flexibility index (Phi) is 13.2. The fourth-order valence-electron chi connectivity index (χ4n) is 1.37. The Morgan fingerprint density at radius 1 is 1.00 bits per heavy atom. The third-order valence-electron chi connectivity index (χ3n) is 2.51. The molecule has 0 aliphatic carbocycles. The van der Waals surface area contributed by atoms with Gasteiger partial charge in [-0.1, -0.05) is 39.0 Å². The van der Waals surface area contributed by atoms with Gasteiger partial charge in [-0.15, -0.1) is 0 Å². The van der Waals surface area contributed by atoms with Gasteiger partial charge in [-0.05, 0) is 6.42 Å². The number of hydrogen-bond acceptors (Lipinski definition) is 5. The molecule has 0 aromatic rings. The minimum Gasteiger partial charge on any atom is -0.481 e. The lowest BCUT2D eigenvalue weighted by Crippen LogP contribution is -2.31. The minimum atomic E-state index is -4.84. The van der Waals surface area contributed by atoms with E-state index in [1.165, 1.54) is 32.1 Å². The summed E-state index contributed by atoms with van der Waals surface area (Å²) in [4.78, 5) is 20.0. The molecule has 0 fully saturated rings. The molecule has 8 nitrogen and oxygen atoms in total. The molecule has 1 atom stereocenters. The predicted molar refractivity (Wildman–Crippen MR) is 75.7 cm³/mol. The highest BCUT2D eigenvalue weighted by molar-refractivity contribution is 7.87. The van der Waals surface area contributed by atoms with E-state index in [1.54, 1.807) is 0 Å². The molecular weight excluding hydrogens is 304 g/mol. The second kappa shape index (κ2) is 12.5. The highest BCUT2D eigenvalue weighted by Crippen LogP contribution is 2.04. The van der Waals surface area contributed by atoms with Crippen LogP contribution in [-0.2, 0) is 19.7 Å². The van der Waals surface area contributed by atoms with Crippen LogP contribution in [-0.4, -0.2) is 52.1 Å². The average Bonchev–Trinajstić information content (AvgIpc) is 2.35. The zero-order valence-electron chi connectivity index (χ0n) is 12.1. The number of aliphatic carboxylic acids is 2. The average molecular weight is 328 g/mol. The Balaban J connectivity index is 0. The second-order valence-electron chi connectivity index (χ2n) is 4.43. The molecule has 0 aliphatic rings. The molecule has 126 valence electrons. The van der Waals surface area contributed by atoms with E-state index in [0.717, 1.165) is 6.42 Å². The quantitative estimate of drug-likeness (QED) is 0.344. The van der Waals surface area contributed by atoms with Gasteiger partial charge in [0.2, 0.25) is 0 Å². The Labute approximate surface area is 124 Å². The number of rotatable bonds is 10. The number of carboxylic acids is 2. The van der Waals surface area contributed by atoms with Crippen molar-refractivity contribution in [3.8, 4) is 0 Å². The van der Waals surface area contributed by atoms with Crippen molar-refractivity contribution in [3.63, 3.8) is 0 Å². The van der Waals surface area contributed by atoms with Gasteiger partial charge in [-0.25, -0.2) is 0 Å². The summed E-state index contributed by atoms with van der Waals surface area (Å²) in [6.45, 7) is 2.58. The highest BCUT2D eigenvalue weighted by Gasteiger charge is 2.33. The van der Waals surface area contributed by atoms with Crippen molar-refractivity contribution in [1.29, 1.82) is 0 Å². The van der Waals surface area contributed by atoms with Gasteiger partial charge in [0.25, 0.3) is 10.1 Å². The summed E-state index contributed by atoms with van der Waals surface area (Å²) >= 11 is 0. The molecule has 0 heterocycles. The first-order valence-electron chi connectivity index (χ1n) is 6.68. The molecule has 1 unspecified atom stereocenters. The van der Waals surface area contributed by atoms with Crippen LogP contribution in [0.1, 0.15) is 51.9 Å². The first kappa shape index (κ1) is 22.1. The van der Waals surface area contributed by atoms with E-state index in [-0.39, 0.29) is 0 Å². The molecule has 9 heteroatoms. The van der Waals surface area contributed by atoms with Gasteiger partial charge in [0.1, 0.15) is 0 Å². The van der Waals surface area contributed by atoms with Gasteiger partial charge in [0.05, 0.1) is 6.42 Å². The third-order valence-corrected chi connectivity index (χ3v) is 3.59. The third kappa shape index (κ3) is 15.0. The van der Waals surface area contributed by atoms with Gasteiger partial charge in [-0.2, -0.15) is 8.42 Å². The summed E-state index contributed by atoms with van der Waals surface area (Å²) < 4.78 is 28.7. The van der Waals surface area contributed by atoms with Crippen LogP contribution in [0, 0.1) is 0 Å². The summed E-state index contributed by atoms with van der Waals surface area (Å²) in [6.07, 6.45) is 6.34. The first-order valence-corrected chi connectivity index (χ1v) is 8.18. The van der Waals surface area contributed by atoms with Gasteiger partial charge < -0.3 is 15.3 Å². The molecule has 21 heavy (non-hydrogen) atoms. The summed E-state index contributed by atoms with van der Waals surface area (Å²) in [6, 6.07) is 0. The summed E-state index contributed by atoms with van der Waals surface area (Å²) in [5.74, 6) is -3.50. The van der Waals surface area contributed by atoms with Crippen LogP contribution < -0.4 is 0 Å². The van der Waals surface area contributed by atoms with Crippen molar-refractivity contribution in [3.05, 3.63) is 0 Å². The Hall–Kier alpha value is -1.19. The van der Waals surface area contributed by atoms with E-state index >= 15 is 0 Å². The normalized spacial score (nSPS) is 12.1. The molecule has 4 N–H and O–H groups in total. The lowest BCUT2D eigenvalue weighted by Gasteiger charge is -2.04. The lowest BCUT2D eigenvalue weighted by molar-refractivity contribution is -0.143. The zero-order valence-corrected chi connectivity index (χ0v) is 12.9. The number of aliphatic hydroxyl groups is 1. The smallest absolute Gasteiger partial charge is 0.325 e. The standard InChI is InChI=1S/C8H18O.C4H6O7S/c1-2-3-4-5-6-7-8-9;5-3(6)1-2(4(7)8)12(9,10)11/h9H,2-8H2,1H3;2H,1H2,(H,5,6)(H,7,8)(H,9,10,11). The molecule has 0 saturated heterocycles. The zero-order chi connectivity index (χ0) is 16.9. The van der Waals surface area contributed by atoms with Crippen LogP contribution in [0.4, 0.5) is 0 Å². The van der Waals surface area contributed by atoms with E-state index in [9.17, 15) is 18.0 Å². The second-order valence-corrected chi connectivity index (χ2v) is 6.03.